The fourth-order valence-corrected chi connectivity index (χ4v) is 4.47. The van der Waals surface area contributed by atoms with Crippen molar-refractivity contribution in [3.8, 4) is 5.75 Å². The summed E-state index contributed by atoms with van der Waals surface area (Å²) in [4.78, 5) is 40.6. The summed E-state index contributed by atoms with van der Waals surface area (Å²) >= 11 is 0. The fourth-order valence-electron chi connectivity index (χ4n) is 4.47. The highest BCUT2D eigenvalue weighted by atomic mass is 16.7. The Bertz CT molecular complexity index is 1030. The monoisotopic (exact) mass is 524 g/mol. The average Bonchev–Trinajstić information content (AvgIpc) is 3.62. The summed E-state index contributed by atoms with van der Waals surface area (Å²) in [5.41, 5.74) is 4.18. The number of allylic oxidation sites excluding steroid dienone is 4. The van der Waals surface area contributed by atoms with Gasteiger partial charge < -0.3 is 15.3 Å². The third-order valence-corrected chi connectivity index (χ3v) is 6.81. The topological polar surface area (TPSA) is 120 Å². The van der Waals surface area contributed by atoms with Crippen LogP contribution in [0.3, 0.4) is 0 Å². The third kappa shape index (κ3) is 9.24. The van der Waals surface area contributed by atoms with E-state index in [1.54, 1.807) is 11.9 Å². The number of nitrogens with zero attached hydrogens (tertiary/aromatic N) is 1. The van der Waals surface area contributed by atoms with Gasteiger partial charge in [-0.15, -0.1) is 5.48 Å². The number of likely N-dealkylation sites (N-methyl/N-ethyl adjacent to an activating group) is 1. The Morgan fingerprint density at radius 3 is 2.74 bits per heavy atom. The summed E-state index contributed by atoms with van der Waals surface area (Å²) in [5, 5.41) is 15.2. The highest BCUT2D eigenvalue weighted by Crippen LogP contribution is 2.28. The van der Waals surface area contributed by atoms with Gasteiger partial charge in [0.25, 0.3) is 0 Å². The Labute approximate surface area is 225 Å². The Balaban J connectivity index is 0.000000214. The van der Waals surface area contributed by atoms with E-state index in [9.17, 15) is 19.5 Å². The lowest BCUT2D eigenvalue weighted by molar-refractivity contribution is -0.129. The van der Waals surface area contributed by atoms with Crippen molar-refractivity contribution in [3.63, 3.8) is 0 Å². The molecule has 206 valence electrons. The van der Waals surface area contributed by atoms with Crippen LogP contribution >= 0.6 is 0 Å². The highest BCUT2D eigenvalue weighted by molar-refractivity contribution is 5.89. The van der Waals surface area contributed by atoms with Crippen molar-refractivity contribution in [1.82, 2.24) is 21.0 Å². The number of hydrogen-bond donors (Lipinski definition) is 4. The molecule has 1 aliphatic heterocycles. The van der Waals surface area contributed by atoms with Gasteiger partial charge in [-0.05, 0) is 75.0 Å². The number of aromatic hydroxyl groups is 1. The van der Waals surface area contributed by atoms with Crippen LogP contribution in [0.2, 0.25) is 0 Å². The summed E-state index contributed by atoms with van der Waals surface area (Å²) in [7, 11) is 1.74. The highest BCUT2D eigenvalue weighted by Gasteiger charge is 2.25. The molecule has 38 heavy (non-hydrogen) atoms. The molecule has 0 aromatic heterocycles. The molecule has 0 saturated heterocycles. The minimum Gasteiger partial charge on any atom is -0.508 e. The van der Waals surface area contributed by atoms with Crippen LogP contribution in [0.1, 0.15) is 54.9 Å². The largest absolute Gasteiger partial charge is 0.508 e. The number of hydroxylamine groups is 1. The Morgan fingerprint density at radius 1 is 1.26 bits per heavy atom. The molecule has 3 atom stereocenters. The molecule has 1 heterocycles. The SMILES string of the molecule is C1=CCC(C2=CC(CNCC3CC3)NO2)C=C1.CCCC(C(=O)NC=O)N(C)Cc1cc(O)ccc1C=O. The van der Waals surface area contributed by atoms with Crippen LogP contribution in [0, 0.1) is 11.8 Å². The van der Waals surface area contributed by atoms with Crippen LogP contribution in [0.4, 0.5) is 0 Å². The molecule has 3 aliphatic rings. The number of nitrogens with one attached hydrogen (secondary N) is 3. The summed E-state index contributed by atoms with van der Waals surface area (Å²) in [6.45, 7) is 4.39. The van der Waals surface area contributed by atoms with Crippen molar-refractivity contribution in [1.29, 1.82) is 0 Å². The van der Waals surface area contributed by atoms with Crippen LogP contribution < -0.4 is 16.1 Å². The van der Waals surface area contributed by atoms with Gasteiger partial charge in [-0.1, -0.05) is 37.6 Å². The molecule has 2 amide bonds. The molecule has 1 aromatic rings. The normalized spacial score (nSPS) is 20.7. The number of hydrogen-bond acceptors (Lipinski definition) is 8. The molecule has 1 saturated carbocycles. The van der Waals surface area contributed by atoms with E-state index in [1.807, 2.05) is 6.92 Å². The lowest BCUT2D eigenvalue weighted by atomic mass is 9.98. The predicted octanol–water partition coefficient (Wildman–Crippen LogP) is 2.98. The van der Waals surface area contributed by atoms with Crippen molar-refractivity contribution >= 4 is 18.6 Å². The van der Waals surface area contributed by atoms with Crippen molar-refractivity contribution in [2.24, 2.45) is 11.8 Å². The molecule has 4 rings (SSSR count). The van der Waals surface area contributed by atoms with Crippen molar-refractivity contribution in [2.75, 3.05) is 20.1 Å². The minimum atomic E-state index is -0.470. The second-order valence-corrected chi connectivity index (χ2v) is 10.00. The molecule has 3 unspecified atom stereocenters. The summed E-state index contributed by atoms with van der Waals surface area (Å²) in [6, 6.07) is 4.33. The van der Waals surface area contributed by atoms with Crippen LogP contribution in [-0.4, -0.2) is 60.8 Å². The molecule has 0 spiro atoms. The van der Waals surface area contributed by atoms with Crippen LogP contribution in [-0.2, 0) is 21.0 Å². The second-order valence-electron chi connectivity index (χ2n) is 10.00. The molecule has 9 heteroatoms. The number of carbonyl (C=O) groups is 3. The zero-order valence-electron chi connectivity index (χ0n) is 22.3. The maximum atomic E-state index is 11.9. The Hall–Kier alpha value is -3.27. The first-order chi connectivity index (χ1) is 18.4. The summed E-state index contributed by atoms with van der Waals surface area (Å²) in [6.07, 6.45) is 17.1. The number of phenolic OH excluding ortho intramolecular Hbond substituents is 1. The number of amides is 2. The number of phenols is 1. The van der Waals surface area contributed by atoms with Gasteiger partial charge in [0.15, 0.2) is 0 Å². The van der Waals surface area contributed by atoms with Crippen molar-refractivity contribution < 1.29 is 24.3 Å². The first kappa shape index (κ1) is 29.3. The van der Waals surface area contributed by atoms with E-state index in [1.165, 1.54) is 31.0 Å². The predicted molar refractivity (Wildman–Crippen MR) is 146 cm³/mol. The van der Waals surface area contributed by atoms with Crippen LogP contribution in [0.25, 0.3) is 0 Å². The number of imide groups is 1. The van der Waals surface area contributed by atoms with E-state index in [0.717, 1.165) is 37.6 Å². The van der Waals surface area contributed by atoms with E-state index in [0.29, 0.717) is 48.7 Å². The first-order valence-corrected chi connectivity index (χ1v) is 13.3. The van der Waals surface area contributed by atoms with Crippen molar-refractivity contribution in [3.05, 3.63) is 65.5 Å². The average molecular weight is 525 g/mol. The van der Waals surface area contributed by atoms with Crippen LogP contribution in [0.5, 0.6) is 5.75 Å². The first-order valence-electron chi connectivity index (χ1n) is 13.3. The third-order valence-electron chi connectivity index (χ3n) is 6.81. The maximum absolute atomic E-state index is 11.9. The van der Waals surface area contributed by atoms with Crippen LogP contribution in [0.15, 0.2) is 54.3 Å². The van der Waals surface area contributed by atoms with E-state index < -0.39 is 6.04 Å². The van der Waals surface area contributed by atoms with Gasteiger partial charge in [0.05, 0.1) is 12.1 Å². The molecule has 0 bridgehead atoms. The smallest absolute Gasteiger partial charge is 0.243 e. The lowest BCUT2D eigenvalue weighted by Gasteiger charge is -2.26. The number of carbonyl (C=O) groups excluding carboxylic acids is 3. The minimum absolute atomic E-state index is 0.0633. The number of benzene rings is 1. The fraction of sp³-hybridized carbons (Fsp3) is 0.483. The van der Waals surface area contributed by atoms with Gasteiger partial charge in [0.2, 0.25) is 12.3 Å². The maximum Gasteiger partial charge on any atom is 0.243 e. The van der Waals surface area contributed by atoms with Gasteiger partial charge in [-0.2, -0.15) is 0 Å². The molecular weight excluding hydrogens is 484 g/mol. The molecular formula is C29H40N4O5. The lowest BCUT2D eigenvalue weighted by Crippen LogP contribution is -2.44. The zero-order chi connectivity index (χ0) is 27.3. The van der Waals surface area contributed by atoms with Gasteiger partial charge in [-0.25, -0.2) is 0 Å². The van der Waals surface area contributed by atoms with E-state index >= 15 is 0 Å². The Kier molecular flexibility index (Phi) is 11.7. The van der Waals surface area contributed by atoms with Gasteiger partial charge in [0.1, 0.15) is 17.8 Å². The van der Waals surface area contributed by atoms with Gasteiger partial charge in [0, 0.05) is 24.6 Å². The van der Waals surface area contributed by atoms with E-state index in [2.05, 4.69) is 46.5 Å². The van der Waals surface area contributed by atoms with Gasteiger partial charge >= 0.3 is 0 Å². The quantitative estimate of drug-likeness (QED) is 0.291. The summed E-state index contributed by atoms with van der Waals surface area (Å²) in [5.74, 6) is 2.12. The number of rotatable bonds is 13. The molecule has 2 aliphatic carbocycles. The second kappa shape index (κ2) is 15.2. The molecule has 1 fully saturated rings. The summed E-state index contributed by atoms with van der Waals surface area (Å²) < 4.78 is 0. The van der Waals surface area contributed by atoms with Gasteiger partial charge in [-0.3, -0.25) is 24.6 Å². The van der Waals surface area contributed by atoms with E-state index in [4.69, 9.17) is 4.84 Å². The molecule has 4 N–H and O–H groups in total. The number of aldehydes is 1. The standard InChI is InChI=1S/C15H20N2O4.C14H20N2O/c1-3-4-14(15(21)16-10-19)17(2)8-12-7-13(20)6-5-11(12)9-18;1-2-4-12(5-3-1)14-8-13(16-17-14)10-15-9-11-6-7-11/h5-7,9-10,14,20H,3-4,8H2,1-2H3,(H,16,19,21);1-4,8,11-13,15-16H,5-7,9-10H2. The van der Waals surface area contributed by atoms with Crippen molar-refractivity contribution in [2.45, 2.75) is 57.7 Å². The molecule has 1 aromatic carbocycles. The molecule has 0 radical (unpaired) electrons. The molecule has 9 nitrogen and oxygen atoms in total. The van der Waals surface area contributed by atoms with E-state index in [-0.39, 0.29) is 11.7 Å². The zero-order valence-corrected chi connectivity index (χ0v) is 22.3. The Morgan fingerprint density at radius 2 is 2.08 bits per heavy atom.